The Morgan fingerprint density at radius 1 is 1.00 bits per heavy atom. The number of hydrogen-bond donors (Lipinski definition) is 1. The minimum atomic E-state index is -1.67. The first-order valence-electron chi connectivity index (χ1n) is 4.48. The van der Waals surface area contributed by atoms with E-state index in [0.717, 1.165) is 20.8 Å². The van der Waals surface area contributed by atoms with Crippen LogP contribution in [0.5, 0.6) is 0 Å². The summed E-state index contributed by atoms with van der Waals surface area (Å²) >= 11 is 0. The first-order valence-corrected chi connectivity index (χ1v) is 4.48. The van der Waals surface area contributed by atoms with Gasteiger partial charge in [-0.1, -0.05) is 0 Å². The van der Waals surface area contributed by atoms with Crippen molar-refractivity contribution in [2.24, 2.45) is 0 Å². The number of carbonyl (C=O) groups is 3. The monoisotopic (exact) mass is 234 g/mol. The normalized spacial score (nSPS) is 13.5. The Morgan fingerprint density at radius 3 is 1.88 bits per heavy atom. The second-order valence-corrected chi connectivity index (χ2v) is 2.95. The minimum Gasteiger partial charge on any atom is -0.462 e. The summed E-state index contributed by atoms with van der Waals surface area (Å²) in [5.41, 5.74) is 0. The van der Waals surface area contributed by atoms with E-state index in [1.165, 1.54) is 0 Å². The van der Waals surface area contributed by atoms with Gasteiger partial charge in [-0.2, -0.15) is 0 Å². The highest BCUT2D eigenvalue weighted by atomic mass is 16.7. The van der Waals surface area contributed by atoms with Gasteiger partial charge in [-0.05, 0) is 0 Å². The number of ether oxygens (including phenoxy) is 3. The summed E-state index contributed by atoms with van der Waals surface area (Å²) in [5, 5.41) is 9.33. The van der Waals surface area contributed by atoms with Crippen molar-refractivity contribution in [3.8, 4) is 0 Å². The quantitative estimate of drug-likeness (QED) is 0.384. The molecule has 1 N–H and O–H groups in total. The zero-order valence-electron chi connectivity index (χ0n) is 9.26. The maximum absolute atomic E-state index is 10.7. The molecule has 0 spiro atoms. The molecule has 7 nitrogen and oxygen atoms in total. The van der Waals surface area contributed by atoms with Crippen molar-refractivity contribution in [3.63, 3.8) is 0 Å². The number of aliphatic hydroxyl groups excluding tert-OH is 1. The molecule has 0 bridgehead atoms. The van der Waals surface area contributed by atoms with Gasteiger partial charge >= 0.3 is 17.9 Å². The van der Waals surface area contributed by atoms with E-state index in [1.807, 2.05) is 0 Å². The van der Waals surface area contributed by atoms with Gasteiger partial charge in [0.05, 0.1) is 0 Å². The highest BCUT2D eigenvalue weighted by molar-refractivity contribution is 5.67. The third-order valence-corrected chi connectivity index (χ3v) is 1.37. The van der Waals surface area contributed by atoms with Crippen LogP contribution in [0.3, 0.4) is 0 Å². The van der Waals surface area contributed by atoms with Crippen molar-refractivity contribution in [2.45, 2.75) is 33.2 Å². The van der Waals surface area contributed by atoms with E-state index in [9.17, 15) is 19.5 Å². The molecule has 7 heteroatoms. The van der Waals surface area contributed by atoms with Crippen LogP contribution >= 0.6 is 0 Å². The van der Waals surface area contributed by atoms with Gasteiger partial charge in [0.2, 0.25) is 6.29 Å². The molecule has 0 amide bonds. The van der Waals surface area contributed by atoms with Gasteiger partial charge in [0.1, 0.15) is 6.61 Å². The van der Waals surface area contributed by atoms with Crippen LogP contribution < -0.4 is 0 Å². The van der Waals surface area contributed by atoms with Crippen LogP contribution in [0.25, 0.3) is 0 Å². The number of aliphatic hydroxyl groups is 1. The first-order chi connectivity index (χ1) is 7.32. The molecule has 2 atom stereocenters. The molecule has 2 unspecified atom stereocenters. The fourth-order valence-corrected chi connectivity index (χ4v) is 0.833. The van der Waals surface area contributed by atoms with Gasteiger partial charge in [0.25, 0.3) is 0 Å². The highest BCUT2D eigenvalue weighted by Gasteiger charge is 2.26. The number of hydrogen-bond acceptors (Lipinski definition) is 7. The maximum Gasteiger partial charge on any atom is 0.305 e. The van der Waals surface area contributed by atoms with Crippen molar-refractivity contribution in [3.05, 3.63) is 0 Å². The third-order valence-electron chi connectivity index (χ3n) is 1.37. The fourth-order valence-electron chi connectivity index (χ4n) is 0.833. The van der Waals surface area contributed by atoms with Gasteiger partial charge < -0.3 is 19.3 Å². The molecule has 0 saturated carbocycles. The van der Waals surface area contributed by atoms with Crippen molar-refractivity contribution in [1.29, 1.82) is 0 Å². The second kappa shape index (κ2) is 6.78. The van der Waals surface area contributed by atoms with Gasteiger partial charge in [0.15, 0.2) is 6.10 Å². The van der Waals surface area contributed by atoms with Crippen LogP contribution in [0.2, 0.25) is 0 Å². The molecular weight excluding hydrogens is 220 g/mol. The van der Waals surface area contributed by atoms with Gasteiger partial charge in [-0.15, -0.1) is 0 Å². The number of rotatable bonds is 5. The second-order valence-electron chi connectivity index (χ2n) is 2.95. The Morgan fingerprint density at radius 2 is 1.50 bits per heavy atom. The van der Waals surface area contributed by atoms with E-state index in [4.69, 9.17) is 0 Å². The highest BCUT2D eigenvalue weighted by Crippen LogP contribution is 2.04. The number of esters is 3. The lowest BCUT2D eigenvalue weighted by molar-refractivity contribution is -0.203. The van der Waals surface area contributed by atoms with Crippen LogP contribution in [0.4, 0.5) is 0 Å². The topological polar surface area (TPSA) is 99.1 Å². The molecule has 0 aliphatic rings. The van der Waals surface area contributed by atoms with Crippen molar-refractivity contribution >= 4 is 17.9 Å². The maximum atomic E-state index is 10.7. The van der Waals surface area contributed by atoms with E-state index in [-0.39, 0.29) is 6.61 Å². The molecule has 0 aromatic rings. The van der Waals surface area contributed by atoms with E-state index in [0.29, 0.717) is 0 Å². The molecule has 0 aromatic carbocycles. The Bertz CT molecular complexity index is 273. The zero-order chi connectivity index (χ0) is 12.7. The van der Waals surface area contributed by atoms with Crippen LogP contribution in [0.15, 0.2) is 0 Å². The molecule has 16 heavy (non-hydrogen) atoms. The van der Waals surface area contributed by atoms with Gasteiger partial charge in [-0.3, -0.25) is 14.4 Å². The van der Waals surface area contributed by atoms with Gasteiger partial charge in [0, 0.05) is 20.8 Å². The molecule has 0 aliphatic carbocycles. The zero-order valence-corrected chi connectivity index (χ0v) is 9.26. The van der Waals surface area contributed by atoms with E-state index in [2.05, 4.69) is 14.2 Å². The summed E-state index contributed by atoms with van der Waals surface area (Å²) in [4.78, 5) is 31.8. The predicted octanol–water partition coefficient (Wildman–Crippen LogP) is -0.637. The lowest BCUT2D eigenvalue weighted by Crippen LogP contribution is -2.38. The van der Waals surface area contributed by atoms with E-state index >= 15 is 0 Å². The lowest BCUT2D eigenvalue weighted by Gasteiger charge is -2.21. The third kappa shape index (κ3) is 6.77. The van der Waals surface area contributed by atoms with Crippen molar-refractivity contribution < 1.29 is 33.7 Å². The summed E-state index contributed by atoms with van der Waals surface area (Å²) in [7, 11) is 0. The molecule has 0 fully saturated rings. The largest absolute Gasteiger partial charge is 0.462 e. The Kier molecular flexibility index (Phi) is 6.09. The summed E-state index contributed by atoms with van der Waals surface area (Å²) < 4.78 is 13.6. The van der Waals surface area contributed by atoms with Crippen LogP contribution in [0, 0.1) is 0 Å². The van der Waals surface area contributed by atoms with E-state index in [1.54, 1.807) is 0 Å². The van der Waals surface area contributed by atoms with Gasteiger partial charge in [-0.25, -0.2) is 0 Å². The van der Waals surface area contributed by atoms with E-state index < -0.39 is 30.3 Å². The summed E-state index contributed by atoms with van der Waals surface area (Å²) in [6.45, 7) is 2.97. The van der Waals surface area contributed by atoms with Crippen molar-refractivity contribution in [1.82, 2.24) is 0 Å². The summed E-state index contributed by atoms with van der Waals surface area (Å²) in [6, 6.07) is 0. The summed E-state index contributed by atoms with van der Waals surface area (Å²) in [6.07, 6.45) is -2.90. The predicted molar refractivity (Wildman–Crippen MR) is 50.0 cm³/mol. The summed E-state index contributed by atoms with van der Waals surface area (Å²) in [5.74, 6) is -2.04. The standard InChI is InChI=1S/C9H14O7/c1-5(10)14-4-8(15-6(2)11)9(13)16-7(3)12/h8-9,13H,4H2,1-3H3. The van der Waals surface area contributed by atoms with Crippen LogP contribution in [0.1, 0.15) is 20.8 Å². The molecule has 0 aromatic heterocycles. The van der Waals surface area contributed by atoms with Crippen LogP contribution in [-0.2, 0) is 28.6 Å². The molecular formula is C9H14O7. The Hall–Kier alpha value is -1.63. The molecule has 0 heterocycles. The Labute approximate surface area is 92.3 Å². The molecule has 0 aliphatic heterocycles. The van der Waals surface area contributed by atoms with Crippen LogP contribution in [-0.4, -0.2) is 42.0 Å². The van der Waals surface area contributed by atoms with Crippen molar-refractivity contribution in [2.75, 3.05) is 6.61 Å². The Balaban J connectivity index is 4.33. The smallest absolute Gasteiger partial charge is 0.305 e. The molecule has 0 radical (unpaired) electrons. The lowest BCUT2D eigenvalue weighted by atomic mass is 10.3. The fraction of sp³-hybridized carbons (Fsp3) is 0.667. The molecule has 92 valence electrons. The first kappa shape index (κ1) is 14.4. The average molecular weight is 234 g/mol. The minimum absolute atomic E-state index is 0.386. The molecule has 0 rings (SSSR count). The average Bonchev–Trinajstić information content (AvgIpc) is 2.09. The number of carbonyl (C=O) groups excluding carboxylic acids is 3. The SMILES string of the molecule is CC(=O)OCC(OC(C)=O)C(O)OC(C)=O. The molecule has 0 saturated heterocycles.